The zero-order chi connectivity index (χ0) is 14.6. The lowest BCUT2D eigenvalue weighted by Crippen LogP contribution is -2.30. The maximum Gasteiger partial charge on any atom is 0.143 e. The summed E-state index contributed by atoms with van der Waals surface area (Å²) < 4.78 is 5.36. The van der Waals surface area contributed by atoms with Gasteiger partial charge < -0.3 is 10.5 Å². The van der Waals surface area contributed by atoms with Gasteiger partial charge in [-0.05, 0) is 19.8 Å². The van der Waals surface area contributed by atoms with E-state index in [1.807, 2.05) is 27.7 Å². The number of carbonyl (C=O) groups excluding carboxylic acids is 1. The van der Waals surface area contributed by atoms with E-state index in [0.29, 0.717) is 13.0 Å². The highest BCUT2D eigenvalue weighted by atomic mass is 16.5. The van der Waals surface area contributed by atoms with E-state index >= 15 is 0 Å². The second-order valence-corrected chi connectivity index (χ2v) is 5.28. The number of aromatic nitrogens is 1. The lowest BCUT2D eigenvalue weighted by Gasteiger charge is -2.18. The van der Waals surface area contributed by atoms with Crippen LogP contribution in [0.4, 0.5) is 0 Å². The van der Waals surface area contributed by atoms with Crippen molar-refractivity contribution in [3.63, 3.8) is 0 Å². The minimum Gasteiger partial charge on any atom is -0.496 e. The van der Waals surface area contributed by atoms with E-state index < -0.39 is 0 Å². The smallest absolute Gasteiger partial charge is 0.143 e. The lowest BCUT2D eigenvalue weighted by atomic mass is 9.89. The second kappa shape index (κ2) is 6.66. The van der Waals surface area contributed by atoms with E-state index in [4.69, 9.17) is 10.5 Å². The molecule has 0 radical (unpaired) electrons. The summed E-state index contributed by atoms with van der Waals surface area (Å²) in [5.74, 6) is 1.12. The molecule has 0 aliphatic rings. The van der Waals surface area contributed by atoms with Gasteiger partial charge >= 0.3 is 0 Å². The number of ketones is 1. The Bertz CT molecular complexity index is 456. The van der Waals surface area contributed by atoms with E-state index in [0.717, 1.165) is 22.6 Å². The van der Waals surface area contributed by atoms with Crippen LogP contribution in [-0.4, -0.2) is 24.4 Å². The van der Waals surface area contributed by atoms with Crippen molar-refractivity contribution in [1.29, 1.82) is 0 Å². The average Bonchev–Trinajstić information content (AvgIpc) is 2.34. The number of carbonyl (C=O) groups is 1. The summed E-state index contributed by atoms with van der Waals surface area (Å²) in [6, 6.07) is 0. The Hall–Kier alpha value is -1.42. The molecule has 0 aromatic carbocycles. The molecule has 0 saturated carbocycles. The molecular formula is C15H24N2O2. The number of hydrogen-bond acceptors (Lipinski definition) is 4. The van der Waals surface area contributed by atoms with E-state index in [1.54, 1.807) is 13.3 Å². The van der Waals surface area contributed by atoms with Crippen LogP contribution in [0.15, 0.2) is 6.20 Å². The molecule has 1 heterocycles. The predicted octanol–water partition coefficient (Wildman–Crippen LogP) is 2.05. The van der Waals surface area contributed by atoms with Gasteiger partial charge in [0, 0.05) is 36.2 Å². The standard InChI is InChI=1S/C15H24N2O2/c1-9(2)12(7-16)14(18)6-13-11(4)15(19-5)10(3)8-17-13/h8-9,12H,6-7,16H2,1-5H3. The molecule has 0 amide bonds. The normalized spacial score (nSPS) is 12.6. The number of nitrogens with zero attached hydrogens (tertiary/aromatic N) is 1. The maximum absolute atomic E-state index is 12.3. The summed E-state index contributed by atoms with van der Waals surface area (Å²) >= 11 is 0. The number of Topliss-reactive ketones (excluding diaryl/α,β-unsaturated/α-hetero) is 1. The number of pyridine rings is 1. The number of methoxy groups -OCH3 is 1. The number of aryl methyl sites for hydroxylation is 1. The van der Waals surface area contributed by atoms with E-state index in [2.05, 4.69) is 4.98 Å². The molecule has 2 N–H and O–H groups in total. The Labute approximate surface area is 115 Å². The van der Waals surface area contributed by atoms with Crippen LogP contribution < -0.4 is 10.5 Å². The van der Waals surface area contributed by atoms with Crippen molar-refractivity contribution in [2.75, 3.05) is 13.7 Å². The van der Waals surface area contributed by atoms with Crippen molar-refractivity contribution in [1.82, 2.24) is 4.98 Å². The molecule has 4 nitrogen and oxygen atoms in total. The van der Waals surface area contributed by atoms with Gasteiger partial charge in [0.25, 0.3) is 0 Å². The molecule has 4 heteroatoms. The van der Waals surface area contributed by atoms with Gasteiger partial charge in [-0.25, -0.2) is 0 Å². The molecule has 0 bridgehead atoms. The summed E-state index contributed by atoms with van der Waals surface area (Å²) in [6.45, 7) is 8.31. The van der Waals surface area contributed by atoms with Crippen LogP contribution in [0, 0.1) is 25.7 Å². The molecular weight excluding hydrogens is 240 g/mol. The number of hydrogen-bond donors (Lipinski definition) is 1. The Morgan fingerprint density at radius 3 is 2.53 bits per heavy atom. The summed E-state index contributed by atoms with van der Waals surface area (Å²) in [5, 5.41) is 0. The average molecular weight is 264 g/mol. The summed E-state index contributed by atoms with van der Waals surface area (Å²) in [4.78, 5) is 16.6. The van der Waals surface area contributed by atoms with Crippen molar-refractivity contribution in [2.45, 2.75) is 34.1 Å². The Kier molecular flexibility index (Phi) is 5.48. The SMILES string of the molecule is COc1c(C)cnc(CC(=O)C(CN)C(C)C)c1C. The fraction of sp³-hybridized carbons (Fsp3) is 0.600. The molecule has 0 aliphatic heterocycles. The third-order valence-electron chi connectivity index (χ3n) is 3.56. The molecule has 1 aromatic heterocycles. The van der Waals surface area contributed by atoms with Crippen LogP contribution in [-0.2, 0) is 11.2 Å². The molecule has 0 saturated heterocycles. The number of rotatable bonds is 6. The van der Waals surface area contributed by atoms with Gasteiger partial charge in [0.1, 0.15) is 11.5 Å². The summed E-state index contributed by atoms with van der Waals surface area (Å²) in [6.07, 6.45) is 2.07. The van der Waals surface area contributed by atoms with Crippen molar-refractivity contribution < 1.29 is 9.53 Å². The van der Waals surface area contributed by atoms with Gasteiger partial charge in [0.15, 0.2) is 0 Å². The highest BCUT2D eigenvalue weighted by molar-refractivity contribution is 5.83. The molecule has 0 aliphatic carbocycles. The molecule has 106 valence electrons. The van der Waals surface area contributed by atoms with E-state index in [-0.39, 0.29) is 17.6 Å². The van der Waals surface area contributed by atoms with Crippen LogP contribution in [0.3, 0.4) is 0 Å². The number of ether oxygens (including phenoxy) is 1. The highest BCUT2D eigenvalue weighted by Gasteiger charge is 2.22. The highest BCUT2D eigenvalue weighted by Crippen LogP contribution is 2.25. The van der Waals surface area contributed by atoms with Crippen molar-refractivity contribution in [2.24, 2.45) is 17.6 Å². The summed E-state index contributed by atoms with van der Waals surface area (Å²) in [7, 11) is 1.64. The van der Waals surface area contributed by atoms with Gasteiger partial charge in [-0.3, -0.25) is 9.78 Å². The third-order valence-corrected chi connectivity index (χ3v) is 3.56. The van der Waals surface area contributed by atoms with Crippen LogP contribution in [0.5, 0.6) is 5.75 Å². The van der Waals surface area contributed by atoms with Crippen LogP contribution in [0.2, 0.25) is 0 Å². The second-order valence-electron chi connectivity index (χ2n) is 5.28. The molecule has 0 fully saturated rings. The quantitative estimate of drug-likeness (QED) is 0.854. The van der Waals surface area contributed by atoms with Gasteiger partial charge in [-0.2, -0.15) is 0 Å². The minimum atomic E-state index is -0.103. The van der Waals surface area contributed by atoms with Gasteiger partial charge in [-0.15, -0.1) is 0 Å². The zero-order valence-electron chi connectivity index (χ0n) is 12.5. The van der Waals surface area contributed by atoms with Crippen LogP contribution in [0.1, 0.15) is 30.7 Å². The first-order valence-electron chi connectivity index (χ1n) is 6.64. The Balaban J connectivity index is 2.97. The number of nitrogens with two attached hydrogens (primary N) is 1. The zero-order valence-corrected chi connectivity index (χ0v) is 12.5. The maximum atomic E-state index is 12.3. The minimum absolute atomic E-state index is 0.103. The van der Waals surface area contributed by atoms with Gasteiger partial charge in [0.2, 0.25) is 0 Å². The van der Waals surface area contributed by atoms with Gasteiger partial charge in [0.05, 0.1) is 12.8 Å². The molecule has 19 heavy (non-hydrogen) atoms. The topological polar surface area (TPSA) is 65.2 Å². The van der Waals surface area contributed by atoms with Crippen molar-refractivity contribution in [3.8, 4) is 5.75 Å². The first-order chi connectivity index (χ1) is 8.92. The molecule has 0 spiro atoms. The third kappa shape index (κ3) is 3.53. The fourth-order valence-electron chi connectivity index (χ4n) is 2.32. The van der Waals surface area contributed by atoms with Crippen LogP contribution >= 0.6 is 0 Å². The van der Waals surface area contributed by atoms with Gasteiger partial charge in [-0.1, -0.05) is 13.8 Å². The fourth-order valence-corrected chi connectivity index (χ4v) is 2.32. The Morgan fingerprint density at radius 2 is 2.05 bits per heavy atom. The van der Waals surface area contributed by atoms with Crippen molar-refractivity contribution in [3.05, 3.63) is 23.0 Å². The Morgan fingerprint density at radius 1 is 1.42 bits per heavy atom. The molecule has 1 atom stereocenters. The first-order valence-corrected chi connectivity index (χ1v) is 6.64. The molecule has 1 aromatic rings. The summed E-state index contributed by atoms with van der Waals surface area (Å²) in [5.41, 5.74) is 8.39. The lowest BCUT2D eigenvalue weighted by molar-refractivity contribution is -0.123. The molecule has 1 rings (SSSR count). The monoisotopic (exact) mass is 264 g/mol. The van der Waals surface area contributed by atoms with E-state index in [1.165, 1.54) is 0 Å². The predicted molar refractivity (Wildman–Crippen MR) is 76.4 cm³/mol. The van der Waals surface area contributed by atoms with E-state index in [9.17, 15) is 4.79 Å². The van der Waals surface area contributed by atoms with Crippen LogP contribution in [0.25, 0.3) is 0 Å². The molecule has 1 unspecified atom stereocenters. The van der Waals surface area contributed by atoms with Crippen molar-refractivity contribution >= 4 is 5.78 Å². The first kappa shape index (κ1) is 15.6. The largest absolute Gasteiger partial charge is 0.496 e.